The lowest BCUT2D eigenvalue weighted by atomic mass is 10.0. The number of hydrogen-bond donors (Lipinski definition) is 1. The summed E-state index contributed by atoms with van der Waals surface area (Å²) in [4.78, 5) is 38.7. The Labute approximate surface area is 150 Å². The second-order valence-electron chi connectivity index (χ2n) is 6.38. The lowest BCUT2D eigenvalue weighted by Crippen LogP contribution is -2.32. The van der Waals surface area contributed by atoms with Gasteiger partial charge in [-0.2, -0.15) is 0 Å². The number of anilines is 1. The smallest absolute Gasteiger partial charge is 0.251 e. The second kappa shape index (κ2) is 7.19. The Morgan fingerprint density at radius 1 is 1.12 bits per heavy atom. The summed E-state index contributed by atoms with van der Waals surface area (Å²) in [5, 5.41) is 5.05. The zero-order chi connectivity index (χ0) is 18.0. The minimum absolute atomic E-state index is 0.0776. The number of nitrogens with zero attached hydrogens (tertiary/aromatic N) is 1. The molecular weight excluding hydrogens is 336 g/mol. The van der Waals surface area contributed by atoms with Gasteiger partial charge >= 0.3 is 0 Å². The summed E-state index contributed by atoms with van der Waals surface area (Å²) in [5.41, 5.74) is 0.893. The monoisotopic (exact) mass is 356 g/mol. The average molecular weight is 356 g/mol. The number of carbonyl (C=O) groups is 3. The number of carbonyl (C=O) groups excluding carboxylic acids is 3. The first-order chi connectivity index (χ1) is 12.0. The van der Waals surface area contributed by atoms with E-state index in [4.69, 9.17) is 0 Å². The molecule has 1 aliphatic rings. The summed E-state index contributed by atoms with van der Waals surface area (Å²) in [7, 11) is 0. The zero-order valence-corrected chi connectivity index (χ0v) is 15.0. The molecule has 5 nitrogen and oxygen atoms in total. The Balaban J connectivity index is 1.82. The van der Waals surface area contributed by atoms with Gasteiger partial charge in [-0.1, -0.05) is 26.0 Å². The molecule has 0 spiro atoms. The van der Waals surface area contributed by atoms with Crippen molar-refractivity contribution in [3.05, 3.63) is 52.2 Å². The molecule has 3 rings (SSSR count). The van der Waals surface area contributed by atoms with Crippen LogP contribution in [0.3, 0.4) is 0 Å². The summed E-state index contributed by atoms with van der Waals surface area (Å²) in [6, 6.07) is 10.6. The van der Waals surface area contributed by atoms with Gasteiger partial charge < -0.3 is 5.32 Å². The molecule has 6 heteroatoms. The van der Waals surface area contributed by atoms with Crippen LogP contribution in [0.1, 0.15) is 48.0 Å². The maximum Gasteiger partial charge on any atom is 0.251 e. The zero-order valence-electron chi connectivity index (χ0n) is 14.2. The van der Waals surface area contributed by atoms with Gasteiger partial charge in [0, 0.05) is 23.3 Å². The van der Waals surface area contributed by atoms with Crippen LogP contribution in [0, 0.1) is 5.92 Å². The van der Waals surface area contributed by atoms with E-state index in [1.54, 1.807) is 35.6 Å². The first kappa shape index (κ1) is 17.4. The highest BCUT2D eigenvalue weighted by Crippen LogP contribution is 2.27. The van der Waals surface area contributed by atoms with Crippen molar-refractivity contribution >= 4 is 34.7 Å². The van der Waals surface area contributed by atoms with Gasteiger partial charge in [-0.25, -0.2) is 0 Å². The summed E-state index contributed by atoms with van der Waals surface area (Å²) >= 11 is 1.61. The topological polar surface area (TPSA) is 66.5 Å². The Hall–Kier alpha value is -2.47. The highest BCUT2D eigenvalue weighted by atomic mass is 32.1. The summed E-state index contributed by atoms with van der Waals surface area (Å²) in [6.45, 7) is 4.12. The Bertz CT molecular complexity index is 783. The van der Waals surface area contributed by atoms with Crippen LogP contribution < -0.4 is 10.2 Å². The maximum absolute atomic E-state index is 12.7. The number of imide groups is 1. The van der Waals surface area contributed by atoms with Crippen LogP contribution in [0.2, 0.25) is 0 Å². The lowest BCUT2D eigenvalue weighted by Gasteiger charge is -2.22. The van der Waals surface area contributed by atoms with E-state index in [1.165, 1.54) is 0 Å². The third kappa shape index (κ3) is 3.64. The lowest BCUT2D eigenvalue weighted by molar-refractivity contribution is -0.121. The molecule has 0 bridgehead atoms. The van der Waals surface area contributed by atoms with Crippen LogP contribution in [-0.2, 0) is 9.59 Å². The number of amides is 3. The van der Waals surface area contributed by atoms with E-state index in [9.17, 15) is 14.4 Å². The van der Waals surface area contributed by atoms with Crippen LogP contribution in [0.5, 0.6) is 0 Å². The van der Waals surface area contributed by atoms with Crippen LogP contribution in [0.15, 0.2) is 41.8 Å². The van der Waals surface area contributed by atoms with E-state index in [2.05, 4.69) is 19.2 Å². The minimum Gasteiger partial charge on any atom is -0.344 e. The molecule has 1 atom stereocenters. The molecule has 0 aliphatic carbocycles. The fourth-order valence-electron chi connectivity index (χ4n) is 2.91. The first-order valence-corrected chi connectivity index (χ1v) is 9.15. The normalized spacial score (nSPS) is 15.7. The van der Waals surface area contributed by atoms with E-state index >= 15 is 0 Å². The van der Waals surface area contributed by atoms with E-state index < -0.39 is 0 Å². The molecule has 0 radical (unpaired) electrons. The van der Waals surface area contributed by atoms with Crippen molar-refractivity contribution in [2.24, 2.45) is 5.92 Å². The van der Waals surface area contributed by atoms with Crippen LogP contribution in [0.4, 0.5) is 5.69 Å². The van der Waals surface area contributed by atoms with E-state index in [-0.39, 0.29) is 42.5 Å². The molecule has 2 aromatic rings. The SMILES string of the molecule is CC(C)[C@@H](NC(=O)c1cccc(N2C(=O)CCC2=O)c1)c1cccs1. The van der Waals surface area contributed by atoms with Crippen molar-refractivity contribution in [1.29, 1.82) is 0 Å². The van der Waals surface area contributed by atoms with Crippen LogP contribution in [0.25, 0.3) is 0 Å². The third-order valence-corrected chi connectivity index (χ3v) is 5.18. The molecule has 1 aliphatic heterocycles. The molecule has 1 saturated heterocycles. The minimum atomic E-state index is -0.221. The van der Waals surface area contributed by atoms with Crippen molar-refractivity contribution in [3.8, 4) is 0 Å². The molecule has 25 heavy (non-hydrogen) atoms. The Morgan fingerprint density at radius 3 is 2.44 bits per heavy atom. The predicted molar refractivity (Wildman–Crippen MR) is 97.5 cm³/mol. The molecule has 1 aromatic carbocycles. The highest BCUT2D eigenvalue weighted by molar-refractivity contribution is 7.10. The van der Waals surface area contributed by atoms with Crippen molar-refractivity contribution in [2.45, 2.75) is 32.7 Å². The standard InChI is InChI=1S/C19H20N2O3S/c1-12(2)18(15-7-4-10-25-15)20-19(24)13-5-3-6-14(11-13)21-16(22)8-9-17(21)23/h3-7,10-12,18H,8-9H2,1-2H3,(H,20,24)/t18-/m1/s1. The molecule has 0 unspecified atom stereocenters. The second-order valence-corrected chi connectivity index (χ2v) is 7.36. The van der Waals surface area contributed by atoms with Gasteiger partial charge in [0.2, 0.25) is 11.8 Å². The number of thiophene rings is 1. The fourth-order valence-corrected chi connectivity index (χ4v) is 3.86. The van der Waals surface area contributed by atoms with Crippen LogP contribution >= 0.6 is 11.3 Å². The predicted octanol–water partition coefficient (Wildman–Crippen LogP) is 3.53. The molecule has 2 heterocycles. The first-order valence-electron chi connectivity index (χ1n) is 8.27. The van der Waals surface area contributed by atoms with E-state index in [0.717, 1.165) is 9.78 Å². The van der Waals surface area contributed by atoms with Crippen molar-refractivity contribution in [2.75, 3.05) is 4.90 Å². The van der Waals surface area contributed by atoms with E-state index in [0.29, 0.717) is 11.3 Å². The van der Waals surface area contributed by atoms with Crippen molar-refractivity contribution in [1.82, 2.24) is 5.32 Å². The number of hydrogen-bond acceptors (Lipinski definition) is 4. The quantitative estimate of drug-likeness (QED) is 0.834. The van der Waals surface area contributed by atoms with Gasteiger partial charge in [-0.15, -0.1) is 11.3 Å². The number of benzene rings is 1. The molecule has 1 fully saturated rings. The van der Waals surface area contributed by atoms with Gasteiger partial charge in [0.15, 0.2) is 0 Å². The molecule has 1 N–H and O–H groups in total. The van der Waals surface area contributed by atoms with Crippen molar-refractivity contribution in [3.63, 3.8) is 0 Å². The Kier molecular flexibility index (Phi) is 4.99. The largest absolute Gasteiger partial charge is 0.344 e. The highest BCUT2D eigenvalue weighted by Gasteiger charge is 2.30. The maximum atomic E-state index is 12.7. The van der Waals surface area contributed by atoms with Gasteiger partial charge in [-0.05, 0) is 35.6 Å². The van der Waals surface area contributed by atoms with Gasteiger partial charge in [0.05, 0.1) is 11.7 Å². The van der Waals surface area contributed by atoms with Gasteiger partial charge in [0.1, 0.15) is 0 Å². The third-order valence-electron chi connectivity index (χ3n) is 4.22. The molecular formula is C19H20N2O3S. The number of nitrogens with one attached hydrogen (secondary N) is 1. The summed E-state index contributed by atoms with van der Waals surface area (Å²) in [5.74, 6) is -0.414. The van der Waals surface area contributed by atoms with Gasteiger partial charge in [-0.3, -0.25) is 19.3 Å². The average Bonchev–Trinajstić information content (AvgIpc) is 3.22. The molecule has 130 valence electrons. The Morgan fingerprint density at radius 2 is 1.84 bits per heavy atom. The van der Waals surface area contributed by atoms with Crippen LogP contribution in [-0.4, -0.2) is 17.7 Å². The molecule has 0 saturated carbocycles. The fraction of sp³-hybridized carbons (Fsp3) is 0.316. The van der Waals surface area contributed by atoms with Crippen molar-refractivity contribution < 1.29 is 14.4 Å². The molecule has 3 amide bonds. The van der Waals surface area contributed by atoms with E-state index in [1.807, 2.05) is 17.5 Å². The van der Waals surface area contributed by atoms with Gasteiger partial charge in [0.25, 0.3) is 5.91 Å². The molecule has 1 aromatic heterocycles. The summed E-state index contributed by atoms with van der Waals surface area (Å²) in [6.07, 6.45) is 0.451. The number of rotatable bonds is 5. The summed E-state index contributed by atoms with van der Waals surface area (Å²) < 4.78 is 0.